The van der Waals surface area contributed by atoms with E-state index in [2.05, 4.69) is 10.0 Å². The number of nitrogens with one attached hydrogen (secondary N) is 2. The van der Waals surface area contributed by atoms with Crippen LogP contribution in [-0.4, -0.2) is 14.3 Å². The summed E-state index contributed by atoms with van der Waals surface area (Å²) in [5.74, 6) is -1.31. The first kappa shape index (κ1) is 21.4. The van der Waals surface area contributed by atoms with Crippen molar-refractivity contribution in [3.8, 4) is 0 Å². The van der Waals surface area contributed by atoms with E-state index in [4.69, 9.17) is 0 Å². The minimum Gasteiger partial charge on any atom is -0.346 e. The summed E-state index contributed by atoms with van der Waals surface area (Å²) < 4.78 is 53.8. The van der Waals surface area contributed by atoms with Crippen molar-refractivity contribution in [1.82, 2.24) is 5.32 Å². The van der Waals surface area contributed by atoms with E-state index in [1.807, 2.05) is 0 Å². The van der Waals surface area contributed by atoms with Crippen LogP contribution in [0.2, 0.25) is 0 Å². The van der Waals surface area contributed by atoms with Gasteiger partial charge in [0.05, 0.1) is 10.9 Å². The Labute approximate surface area is 173 Å². The molecule has 0 aromatic heterocycles. The van der Waals surface area contributed by atoms with Crippen LogP contribution in [0.5, 0.6) is 0 Å². The third-order valence-corrected chi connectivity index (χ3v) is 5.96. The lowest BCUT2D eigenvalue weighted by molar-refractivity contribution is 0.0939. The maximum Gasteiger partial charge on any atom is 0.261 e. The van der Waals surface area contributed by atoms with Gasteiger partial charge in [-0.2, -0.15) is 0 Å². The number of carbonyl (C=O) groups is 1. The fourth-order valence-electron chi connectivity index (χ4n) is 2.85. The Bertz CT molecular complexity index is 1160. The molecule has 0 heterocycles. The zero-order valence-corrected chi connectivity index (χ0v) is 17.1. The van der Waals surface area contributed by atoms with E-state index in [0.29, 0.717) is 11.1 Å². The van der Waals surface area contributed by atoms with Gasteiger partial charge in [0.25, 0.3) is 15.9 Å². The van der Waals surface area contributed by atoms with Crippen molar-refractivity contribution >= 4 is 21.6 Å². The summed E-state index contributed by atoms with van der Waals surface area (Å²) in [5.41, 5.74) is 1.71. The number of halogens is 2. The minimum atomic E-state index is -3.98. The van der Waals surface area contributed by atoms with Crippen LogP contribution < -0.4 is 10.0 Å². The van der Waals surface area contributed by atoms with Crippen LogP contribution in [-0.2, 0) is 10.0 Å². The Morgan fingerprint density at radius 1 is 0.900 bits per heavy atom. The Hall–Kier alpha value is -3.26. The van der Waals surface area contributed by atoms with Gasteiger partial charge in [0.1, 0.15) is 11.6 Å². The number of sulfonamides is 1. The molecule has 3 aromatic rings. The highest BCUT2D eigenvalue weighted by Gasteiger charge is 2.19. The molecular weight excluding hydrogens is 410 g/mol. The third-order valence-electron chi connectivity index (χ3n) is 4.58. The molecule has 0 radical (unpaired) electrons. The number of anilines is 1. The highest BCUT2D eigenvalue weighted by molar-refractivity contribution is 7.92. The van der Waals surface area contributed by atoms with Crippen LogP contribution in [0.4, 0.5) is 14.5 Å². The zero-order chi connectivity index (χ0) is 21.9. The van der Waals surface area contributed by atoms with Crippen LogP contribution >= 0.6 is 0 Å². The Morgan fingerprint density at radius 2 is 1.47 bits per heavy atom. The molecule has 2 N–H and O–H groups in total. The Morgan fingerprint density at radius 3 is 2.07 bits per heavy atom. The second kappa shape index (κ2) is 8.62. The molecule has 1 amide bonds. The minimum absolute atomic E-state index is 0.1000. The highest BCUT2D eigenvalue weighted by atomic mass is 32.2. The molecule has 8 heteroatoms. The van der Waals surface area contributed by atoms with Crippen molar-refractivity contribution in [2.24, 2.45) is 0 Å². The predicted molar refractivity (Wildman–Crippen MR) is 111 cm³/mol. The van der Waals surface area contributed by atoms with Gasteiger partial charge in [0.2, 0.25) is 0 Å². The molecule has 0 saturated carbocycles. The van der Waals surface area contributed by atoms with E-state index in [0.717, 1.165) is 12.1 Å². The summed E-state index contributed by atoms with van der Waals surface area (Å²) in [4.78, 5) is 12.6. The molecule has 156 valence electrons. The smallest absolute Gasteiger partial charge is 0.261 e. The van der Waals surface area contributed by atoms with Gasteiger partial charge in [-0.15, -0.1) is 0 Å². The molecule has 0 aliphatic rings. The molecule has 0 spiro atoms. The standard InChI is InChI=1S/C22H20F2N2O3S/c1-14-3-12-20(30(28,29)26-19-10-8-18(24)9-11-19)13-21(14)22(27)25-15(2)16-4-6-17(23)7-5-16/h3-13,15,26H,1-2H3,(H,25,27)/t15-/m0/s1. The van der Waals surface area contributed by atoms with Gasteiger partial charge < -0.3 is 5.32 Å². The number of amides is 1. The van der Waals surface area contributed by atoms with E-state index >= 15 is 0 Å². The fourth-order valence-corrected chi connectivity index (χ4v) is 3.94. The van der Waals surface area contributed by atoms with E-state index < -0.39 is 27.8 Å². The molecule has 0 saturated heterocycles. The highest BCUT2D eigenvalue weighted by Crippen LogP contribution is 2.21. The summed E-state index contributed by atoms with van der Waals surface area (Å²) in [7, 11) is -3.98. The summed E-state index contributed by atoms with van der Waals surface area (Å²) in [5, 5.41) is 2.79. The van der Waals surface area contributed by atoms with Crippen LogP contribution in [0.25, 0.3) is 0 Å². The lowest BCUT2D eigenvalue weighted by Crippen LogP contribution is -2.27. The summed E-state index contributed by atoms with van der Waals surface area (Å²) in [6.07, 6.45) is 0. The monoisotopic (exact) mass is 430 g/mol. The van der Waals surface area contributed by atoms with Crippen molar-refractivity contribution in [1.29, 1.82) is 0 Å². The molecule has 0 unspecified atom stereocenters. The first-order valence-corrected chi connectivity index (χ1v) is 10.6. The number of rotatable bonds is 6. The molecule has 0 bridgehead atoms. The zero-order valence-electron chi connectivity index (χ0n) is 16.3. The third kappa shape index (κ3) is 5.01. The second-order valence-electron chi connectivity index (χ2n) is 6.84. The molecule has 3 rings (SSSR count). The van der Waals surface area contributed by atoms with E-state index in [1.165, 1.54) is 42.5 Å². The maximum absolute atomic E-state index is 13.1. The molecule has 5 nitrogen and oxygen atoms in total. The van der Waals surface area contributed by atoms with Gasteiger partial charge in [-0.1, -0.05) is 18.2 Å². The van der Waals surface area contributed by atoms with E-state index in [9.17, 15) is 22.0 Å². The van der Waals surface area contributed by atoms with Crippen molar-refractivity contribution in [2.75, 3.05) is 4.72 Å². The number of carbonyl (C=O) groups excluding carboxylic acids is 1. The second-order valence-corrected chi connectivity index (χ2v) is 8.52. The maximum atomic E-state index is 13.1. The lowest BCUT2D eigenvalue weighted by Gasteiger charge is -2.16. The van der Waals surface area contributed by atoms with Crippen LogP contribution in [0.15, 0.2) is 71.6 Å². The van der Waals surface area contributed by atoms with Crippen LogP contribution in [0, 0.1) is 18.6 Å². The van der Waals surface area contributed by atoms with Crippen LogP contribution in [0.1, 0.15) is 34.5 Å². The van der Waals surface area contributed by atoms with Crippen LogP contribution in [0.3, 0.4) is 0 Å². The summed E-state index contributed by atoms with van der Waals surface area (Å²) in [6, 6.07) is 14.4. The van der Waals surface area contributed by atoms with Crippen molar-refractivity contribution in [3.63, 3.8) is 0 Å². The van der Waals surface area contributed by atoms with E-state index in [1.54, 1.807) is 26.0 Å². The first-order valence-electron chi connectivity index (χ1n) is 9.11. The SMILES string of the molecule is Cc1ccc(S(=O)(=O)Nc2ccc(F)cc2)cc1C(=O)N[C@@H](C)c1ccc(F)cc1. The molecular formula is C22H20F2N2O3S. The van der Waals surface area contributed by atoms with Crippen molar-refractivity contribution < 1.29 is 22.0 Å². The number of hydrogen-bond acceptors (Lipinski definition) is 3. The van der Waals surface area contributed by atoms with Gasteiger partial charge in [0, 0.05) is 11.3 Å². The Balaban J connectivity index is 1.82. The summed E-state index contributed by atoms with van der Waals surface area (Å²) >= 11 is 0. The molecule has 30 heavy (non-hydrogen) atoms. The average molecular weight is 430 g/mol. The van der Waals surface area contributed by atoms with E-state index in [-0.39, 0.29) is 22.0 Å². The molecule has 1 atom stereocenters. The van der Waals surface area contributed by atoms with Crippen molar-refractivity contribution in [3.05, 3.63) is 95.1 Å². The van der Waals surface area contributed by atoms with Gasteiger partial charge in [0.15, 0.2) is 0 Å². The van der Waals surface area contributed by atoms with Gasteiger partial charge in [-0.05, 0) is 73.5 Å². The predicted octanol–water partition coefficient (Wildman–Crippen LogP) is 4.57. The quantitative estimate of drug-likeness (QED) is 0.602. The van der Waals surface area contributed by atoms with Gasteiger partial charge in [-0.3, -0.25) is 9.52 Å². The fraction of sp³-hybridized carbons (Fsp3) is 0.136. The lowest BCUT2D eigenvalue weighted by atomic mass is 10.1. The Kier molecular flexibility index (Phi) is 6.17. The molecule has 0 aliphatic heterocycles. The average Bonchev–Trinajstić information content (AvgIpc) is 2.70. The molecule has 0 aliphatic carbocycles. The summed E-state index contributed by atoms with van der Waals surface area (Å²) in [6.45, 7) is 3.44. The van der Waals surface area contributed by atoms with Gasteiger partial charge in [-0.25, -0.2) is 17.2 Å². The first-order chi connectivity index (χ1) is 14.2. The molecule has 3 aromatic carbocycles. The molecule has 0 fully saturated rings. The van der Waals surface area contributed by atoms with Crippen molar-refractivity contribution in [2.45, 2.75) is 24.8 Å². The normalized spacial score (nSPS) is 12.3. The number of aryl methyl sites for hydroxylation is 1. The number of benzene rings is 3. The number of hydrogen-bond donors (Lipinski definition) is 2. The topological polar surface area (TPSA) is 75.3 Å². The van der Waals surface area contributed by atoms with Gasteiger partial charge >= 0.3 is 0 Å². The largest absolute Gasteiger partial charge is 0.346 e.